The largest absolute Gasteiger partial charge is 0.393 e. The standard InChI is InChI=1S/C19H34N4O2/c24-17-5-8-22(9-6-17)10-7-21-18(25)19-13-20-11-15(19)12-23(14-19)16-3-1-2-4-16/h15-17,20,24H,1-14H2,(H,21,25)/t15-,19-/m0/s1. The third-order valence-corrected chi connectivity index (χ3v) is 7.12. The van der Waals surface area contributed by atoms with Crippen molar-refractivity contribution >= 4 is 5.91 Å². The molecule has 0 aromatic carbocycles. The van der Waals surface area contributed by atoms with Gasteiger partial charge in [0.25, 0.3) is 0 Å². The van der Waals surface area contributed by atoms with E-state index in [0.29, 0.717) is 5.92 Å². The van der Waals surface area contributed by atoms with Crippen LogP contribution in [-0.4, -0.2) is 85.3 Å². The Morgan fingerprint density at radius 2 is 1.96 bits per heavy atom. The second kappa shape index (κ2) is 7.51. The molecule has 3 aliphatic heterocycles. The van der Waals surface area contributed by atoms with Gasteiger partial charge in [-0.15, -0.1) is 0 Å². The van der Waals surface area contributed by atoms with Gasteiger partial charge in [0.05, 0.1) is 11.5 Å². The number of rotatable bonds is 5. The Kier molecular flexibility index (Phi) is 5.32. The number of aliphatic hydroxyl groups is 1. The highest BCUT2D eigenvalue weighted by Crippen LogP contribution is 2.42. The molecule has 25 heavy (non-hydrogen) atoms. The number of carbonyl (C=O) groups is 1. The van der Waals surface area contributed by atoms with E-state index in [1.165, 1.54) is 25.7 Å². The SMILES string of the molecule is O=C(NCCN1CCC(O)CC1)[C@]12CNC[C@H]1CN(C1CCCC1)C2. The normalized spacial score (nSPS) is 35.3. The van der Waals surface area contributed by atoms with Crippen molar-refractivity contribution < 1.29 is 9.90 Å². The molecule has 3 N–H and O–H groups in total. The first-order valence-corrected chi connectivity index (χ1v) is 10.3. The number of aliphatic hydroxyl groups excluding tert-OH is 1. The van der Waals surface area contributed by atoms with E-state index in [1.807, 2.05) is 0 Å². The van der Waals surface area contributed by atoms with Gasteiger partial charge in [-0.3, -0.25) is 9.69 Å². The van der Waals surface area contributed by atoms with Crippen LogP contribution in [0.4, 0.5) is 0 Å². The Bertz CT molecular complexity index is 474. The quantitative estimate of drug-likeness (QED) is 0.652. The molecular weight excluding hydrogens is 316 g/mol. The van der Waals surface area contributed by atoms with Gasteiger partial charge in [0.2, 0.25) is 5.91 Å². The van der Waals surface area contributed by atoms with Crippen molar-refractivity contribution in [1.82, 2.24) is 20.4 Å². The van der Waals surface area contributed by atoms with Crippen molar-refractivity contribution in [2.24, 2.45) is 11.3 Å². The van der Waals surface area contributed by atoms with Crippen molar-refractivity contribution in [3.8, 4) is 0 Å². The zero-order chi connectivity index (χ0) is 17.3. The molecule has 0 bridgehead atoms. The lowest BCUT2D eigenvalue weighted by atomic mass is 9.80. The van der Waals surface area contributed by atoms with Crippen molar-refractivity contribution in [3.63, 3.8) is 0 Å². The summed E-state index contributed by atoms with van der Waals surface area (Å²) in [4.78, 5) is 18.0. The minimum Gasteiger partial charge on any atom is -0.393 e. The summed E-state index contributed by atoms with van der Waals surface area (Å²) in [6.45, 7) is 7.38. The molecular formula is C19H34N4O2. The van der Waals surface area contributed by atoms with Crippen LogP contribution in [0.3, 0.4) is 0 Å². The molecule has 0 spiro atoms. The van der Waals surface area contributed by atoms with E-state index in [2.05, 4.69) is 20.4 Å². The number of hydrogen-bond acceptors (Lipinski definition) is 5. The van der Waals surface area contributed by atoms with Crippen molar-refractivity contribution in [2.75, 3.05) is 52.4 Å². The van der Waals surface area contributed by atoms with Crippen molar-refractivity contribution in [2.45, 2.75) is 50.7 Å². The van der Waals surface area contributed by atoms with Crippen molar-refractivity contribution in [1.29, 1.82) is 0 Å². The summed E-state index contributed by atoms with van der Waals surface area (Å²) in [5.74, 6) is 0.735. The van der Waals surface area contributed by atoms with Crippen LogP contribution in [0.2, 0.25) is 0 Å². The average Bonchev–Trinajstić information content (AvgIpc) is 3.31. The summed E-state index contributed by atoms with van der Waals surface area (Å²) in [7, 11) is 0. The van der Waals surface area contributed by atoms with Crippen LogP contribution in [-0.2, 0) is 4.79 Å². The molecule has 0 unspecified atom stereocenters. The number of amides is 1. The van der Waals surface area contributed by atoms with Gasteiger partial charge in [-0.05, 0) is 25.7 Å². The number of nitrogens with zero attached hydrogens (tertiary/aromatic N) is 2. The molecule has 0 aromatic heterocycles. The number of piperidine rings is 1. The molecule has 3 heterocycles. The van der Waals surface area contributed by atoms with E-state index >= 15 is 0 Å². The Morgan fingerprint density at radius 1 is 1.20 bits per heavy atom. The fourth-order valence-corrected chi connectivity index (χ4v) is 5.48. The third kappa shape index (κ3) is 3.59. The minimum atomic E-state index is -0.208. The highest BCUT2D eigenvalue weighted by atomic mass is 16.3. The Hall–Kier alpha value is -0.690. The molecule has 3 saturated heterocycles. The molecule has 4 aliphatic rings. The average molecular weight is 351 g/mol. The fourth-order valence-electron chi connectivity index (χ4n) is 5.48. The van der Waals surface area contributed by atoms with E-state index < -0.39 is 0 Å². The predicted octanol–water partition coefficient (Wildman–Crippen LogP) is 0.0233. The summed E-state index contributed by atoms with van der Waals surface area (Å²) in [6.07, 6.45) is 6.94. The summed E-state index contributed by atoms with van der Waals surface area (Å²) in [5.41, 5.74) is -0.208. The van der Waals surface area contributed by atoms with Crippen LogP contribution in [0.15, 0.2) is 0 Å². The van der Waals surface area contributed by atoms with Crippen LogP contribution in [0, 0.1) is 11.3 Å². The lowest BCUT2D eigenvalue weighted by molar-refractivity contribution is -0.130. The first-order valence-electron chi connectivity index (χ1n) is 10.3. The molecule has 4 rings (SSSR count). The minimum absolute atomic E-state index is 0.130. The lowest BCUT2D eigenvalue weighted by Crippen LogP contribution is -2.50. The van der Waals surface area contributed by atoms with Crippen LogP contribution in [0.5, 0.6) is 0 Å². The summed E-state index contributed by atoms with van der Waals surface area (Å²) in [5, 5.41) is 16.3. The van der Waals surface area contributed by atoms with Crippen LogP contribution >= 0.6 is 0 Å². The zero-order valence-electron chi connectivity index (χ0n) is 15.4. The molecule has 6 nitrogen and oxygen atoms in total. The van der Waals surface area contributed by atoms with Gasteiger partial charge in [0.1, 0.15) is 0 Å². The van der Waals surface area contributed by atoms with E-state index in [0.717, 1.165) is 71.2 Å². The maximum absolute atomic E-state index is 13.1. The first kappa shape index (κ1) is 17.7. The Labute approximate surface area is 151 Å². The highest BCUT2D eigenvalue weighted by Gasteiger charge is 2.55. The number of fused-ring (bicyclic) bond motifs is 1. The summed E-state index contributed by atoms with van der Waals surface area (Å²) < 4.78 is 0. The van der Waals surface area contributed by atoms with Gasteiger partial charge >= 0.3 is 0 Å². The first-order chi connectivity index (χ1) is 12.2. The summed E-state index contributed by atoms with van der Waals surface area (Å²) >= 11 is 0. The number of hydrogen-bond donors (Lipinski definition) is 3. The van der Waals surface area contributed by atoms with Gasteiger partial charge in [-0.2, -0.15) is 0 Å². The van der Waals surface area contributed by atoms with E-state index in [-0.39, 0.29) is 17.4 Å². The third-order valence-electron chi connectivity index (χ3n) is 7.12. The highest BCUT2D eigenvalue weighted by molar-refractivity contribution is 5.84. The second-order valence-electron chi connectivity index (χ2n) is 8.68. The molecule has 1 amide bonds. The summed E-state index contributed by atoms with van der Waals surface area (Å²) in [6, 6.07) is 0.718. The monoisotopic (exact) mass is 350 g/mol. The van der Waals surface area contributed by atoms with Gasteiger partial charge in [-0.1, -0.05) is 12.8 Å². The molecule has 0 aromatic rings. The number of carbonyl (C=O) groups excluding carboxylic acids is 1. The van der Waals surface area contributed by atoms with E-state index in [1.54, 1.807) is 0 Å². The lowest BCUT2D eigenvalue weighted by Gasteiger charge is -2.31. The molecule has 6 heteroatoms. The Balaban J connectivity index is 1.29. The van der Waals surface area contributed by atoms with Crippen molar-refractivity contribution in [3.05, 3.63) is 0 Å². The van der Waals surface area contributed by atoms with Gasteiger partial charge < -0.3 is 20.6 Å². The van der Waals surface area contributed by atoms with Gasteiger partial charge in [0, 0.05) is 64.3 Å². The Morgan fingerprint density at radius 3 is 2.72 bits per heavy atom. The van der Waals surface area contributed by atoms with Gasteiger partial charge in [-0.25, -0.2) is 0 Å². The van der Waals surface area contributed by atoms with Crippen LogP contribution in [0.1, 0.15) is 38.5 Å². The number of nitrogens with one attached hydrogen (secondary N) is 2. The fraction of sp³-hybridized carbons (Fsp3) is 0.947. The molecule has 142 valence electrons. The maximum Gasteiger partial charge on any atom is 0.229 e. The molecule has 1 saturated carbocycles. The van der Waals surface area contributed by atoms with Crippen LogP contribution in [0.25, 0.3) is 0 Å². The second-order valence-corrected chi connectivity index (χ2v) is 8.68. The smallest absolute Gasteiger partial charge is 0.229 e. The zero-order valence-corrected chi connectivity index (χ0v) is 15.4. The van der Waals surface area contributed by atoms with E-state index in [9.17, 15) is 9.90 Å². The maximum atomic E-state index is 13.1. The topological polar surface area (TPSA) is 67.8 Å². The van der Waals surface area contributed by atoms with E-state index in [4.69, 9.17) is 0 Å². The predicted molar refractivity (Wildman–Crippen MR) is 97.3 cm³/mol. The molecule has 1 aliphatic carbocycles. The van der Waals surface area contributed by atoms with Crippen LogP contribution < -0.4 is 10.6 Å². The molecule has 4 fully saturated rings. The van der Waals surface area contributed by atoms with Gasteiger partial charge in [0.15, 0.2) is 0 Å². The molecule has 2 atom stereocenters. The molecule has 0 radical (unpaired) electrons. The number of likely N-dealkylation sites (tertiary alicyclic amines) is 2.